The van der Waals surface area contributed by atoms with Crippen LogP contribution in [0, 0.1) is 19.7 Å². The van der Waals surface area contributed by atoms with Gasteiger partial charge in [-0.15, -0.1) is 0 Å². The minimum Gasteiger partial charge on any atom is -0.292 e. The number of fused-ring (bicyclic) bond motifs is 1. The highest BCUT2D eigenvalue weighted by Gasteiger charge is 2.25. The number of alkyl halides is 1. The Hall–Kier alpha value is -1.98. The van der Waals surface area contributed by atoms with Gasteiger partial charge in [0.05, 0.1) is 5.69 Å². The van der Waals surface area contributed by atoms with Gasteiger partial charge in [0, 0.05) is 43.3 Å². The first-order valence-electron chi connectivity index (χ1n) is 10.1. The summed E-state index contributed by atoms with van der Waals surface area (Å²) in [5.41, 5.74) is 9.60. The van der Waals surface area contributed by atoms with Gasteiger partial charge in [0.1, 0.15) is 5.82 Å². The molecule has 0 saturated heterocycles. The molecule has 0 fully saturated rings. The fraction of sp³-hybridized carbons (Fsp3) is 0.375. The molecule has 3 aromatic rings. The number of aryl methyl sites for hydroxylation is 3. The molecule has 0 aliphatic carbocycles. The Labute approximate surface area is 180 Å². The molecule has 0 radical (unpaired) electrons. The van der Waals surface area contributed by atoms with E-state index in [-0.39, 0.29) is 11.9 Å². The molecule has 2 aromatic carbocycles. The summed E-state index contributed by atoms with van der Waals surface area (Å²) in [5, 5.41) is 5.39. The minimum absolute atomic E-state index is 0.136. The highest BCUT2D eigenvalue weighted by atomic mass is 79.9. The molecular weight excluding hydrogens is 429 g/mol. The Balaban J connectivity index is 1.69. The normalized spacial score (nSPS) is 15.4. The van der Waals surface area contributed by atoms with Crippen LogP contribution in [0.15, 0.2) is 36.5 Å². The molecule has 1 aromatic heterocycles. The average molecular weight is 456 g/mol. The second-order valence-electron chi connectivity index (χ2n) is 8.12. The SMILES string of the molecule is Cc1cc([C@H](C)N2CCc3c(cc(CBr)cc3-c3cn(C)nc3C)C2)ccc1F. The Kier molecular flexibility index (Phi) is 5.63. The van der Waals surface area contributed by atoms with Gasteiger partial charge in [0.25, 0.3) is 0 Å². The van der Waals surface area contributed by atoms with Crippen LogP contribution in [0.1, 0.15) is 46.5 Å². The number of hydrogen-bond acceptors (Lipinski definition) is 2. The lowest BCUT2D eigenvalue weighted by atomic mass is 9.88. The van der Waals surface area contributed by atoms with Crippen molar-refractivity contribution < 1.29 is 4.39 Å². The maximum absolute atomic E-state index is 13.7. The molecule has 5 heteroatoms. The van der Waals surface area contributed by atoms with Crippen molar-refractivity contribution in [3.8, 4) is 11.1 Å². The van der Waals surface area contributed by atoms with Crippen molar-refractivity contribution in [2.75, 3.05) is 6.54 Å². The van der Waals surface area contributed by atoms with E-state index in [1.807, 2.05) is 30.8 Å². The Morgan fingerprint density at radius 3 is 2.62 bits per heavy atom. The molecule has 3 nitrogen and oxygen atoms in total. The first-order valence-corrected chi connectivity index (χ1v) is 11.2. The number of hydrogen-bond donors (Lipinski definition) is 0. The van der Waals surface area contributed by atoms with Crippen molar-refractivity contribution >= 4 is 15.9 Å². The summed E-state index contributed by atoms with van der Waals surface area (Å²) in [4.78, 5) is 2.49. The number of benzene rings is 2. The summed E-state index contributed by atoms with van der Waals surface area (Å²) in [6.45, 7) is 8.03. The molecule has 152 valence electrons. The predicted molar refractivity (Wildman–Crippen MR) is 120 cm³/mol. The monoisotopic (exact) mass is 455 g/mol. The van der Waals surface area contributed by atoms with Crippen molar-refractivity contribution in [3.05, 3.63) is 75.9 Å². The van der Waals surface area contributed by atoms with Crippen LogP contribution in [0.25, 0.3) is 11.1 Å². The van der Waals surface area contributed by atoms with E-state index < -0.39 is 0 Å². The molecule has 1 aliphatic heterocycles. The van der Waals surface area contributed by atoms with Gasteiger partial charge in [-0.05, 0) is 72.7 Å². The van der Waals surface area contributed by atoms with Gasteiger partial charge < -0.3 is 0 Å². The molecule has 0 amide bonds. The summed E-state index contributed by atoms with van der Waals surface area (Å²) >= 11 is 3.64. The fourth-order valence-electron chi connectivity index (χ4n) is 4.44. The van der Waals surface area contributed by atoms with E-state index in [4.69, 9.17) is 0 Å². The van der Waals surface area contributed by atoms with Crippen LogP contribution in [-0.2, 0) is 25.3 Å². The van der Waals surface area contributed by atoms with Crippen LogP contribution in [-0.4, -0.2) is 21.2 Å². The minimum atomic E-state index is -0.136. The third-order valence-corrected chi connectivity index (χ3v) is 6.74. The lowest BCUT2D eigenvalue weighted by molar-refractivity contribution is 0.192. The zero-order chi connectivity index (χ0) is 20.7. The first-order chi connectivity index (χ1) is 13.9. The summed E-state index contributed by atoms with van der Waals surface area (Å²) in [7, 11) is 1.98. The summed E-state index contributed by atoms with van der Waals surface area (Å²) < 4.78 is 15.6. The molecule has 0 saturated carbocycles. The van der Waals surface area contributed by atoms with Crippen LogP contribution in [0.2, 0.25) is 0 Å². The Morgan fingerprint density at radius 1 is 1.17 bits per heavy atom. The maximum atomic E-state index is 13.7. The van der Waals surface area contributed by atoms with Gasteiger partial charge >= 0.3 is 0 Å². The predicted octanol–water partition coefficient (Wildman–Crippen LogP) is 5.86. The highest BCUT2D eigenvalue weighted by Crippen LogP contribution is 2.36. The van der Waals surface area contributed by atoms with E-state index in [0.717, 1.165) is 30.5 Å². The first kappa shape index (κ1) is 20.3. The second kappa shape index (κ2) is 8.04. The van der Waals surface area contributed by atoms with Crippen LogP contribution in [0.3, 0.4) is 0 Å². The third kappa shape index (κ3) is 3.90. The van der Waals surface area contributed by atoms with E-state index in [2.05, 4.69) is 58.1 Å². The van der Waals surface area contributed by atoms with Crippen LogP contribution < -0.4 is 0 Å². The third-order valence-electron chi connectivity index (χ3n) is 6.09. The van der Waals surface area contributed by atoms with Gasteiger partial charge in [-0.2, -0.15) is 5.10 Å². The lowest BCUT2D eigenvalue weighted by Gasteiger charge is -2.35. The van der Waals surface area contributed by atoms with Crippen molar-refractivity contribution in [3.63, 3.8) is 0 Å². The summed E-state index contributed by atoms with van der Waals surface area (Å²) in [6, 6.07) is 10.4. The number of nitrogens with zero attached hydrogens (tertiary/aromatic N) is 3. The molecule has 29 heavy (non-hydrogen) atoms. The molecule has 0 spiro atoms. The zero-order valence-electron chi connectivity index (χ0n) is 17.5. The molecule has 2 heterocycles. The second-order valence-corrected chi connectivity index (χ2v) is 8.68. The van der Waals surface area contributed by atoms with Crippen molar-refractivity contribution in [2.45, 2.75) is 45.1 Å². The topological polar surface area (TPSA) is 21.1 Å². The largest absolute Gasteiger partial charge is 0.292 e. The van der Waals surface area contributed by atoms with Gasteiger partial charge in [0.15, 0.2) is 0 Å². The quantitative estimate of drug-likeness (QED) is 0.459. The maximum Gasteiger partial charge on any atom is 0.126 e. The molecule has 1 aliphatic rings. The highest BCUT2D eigenvalue weighted by molar-refractivity contribution is 9.08. The summed E-state index contributed by atoms with van der Waals surface area (Å²) in [5.74, 6) is -0.136. The van der Waals surface area contributed by atoms with E-state index in [0.29, 0.717) is 5.56 Å². The average Bonchev–Trinajstić information content (AvgIpc) is 3.05. The van der Waals surface area contributed by atoms with E-state index >= 15 is 0 Å². The number of aromatic nitrogens is 2. The van der Waals surface area contributed by atoms with Crippen LogP contribution >= 0.6 is 15.9 Å². The zero-order valence-corrected chi connectivity index (χ0v) is 19.1. The van der Waals surface area contributed by atoms with Gasteiger partial charge in [0.2, 0.25) is 0 Å². The summed E-state index contributed by atoms with van der Waals surface area (Å²) in [6.07, 6.45) is 3.13. The molecule has 4 rings (SSSR count). The van der Waals surface area contributed by atoms with Crippen molar-refractivity contribution in [1.82, 2.24) is 14.7 Å². The van der Waals surface area contributed by atoms with Crippen LogP contribution in [0.5, 0.6) is 0 Å². The molecule has 0 unspecified atom stereocenters. The Morgan fingerprint density at radius 2 is 1.97 bits per heavy atom. The van der Waals surface area contributed by atoms with Gasteiger partial charge in [-0.25, -0.2) is 4.39 Å². The number of halogens is 2. The van der Waals surface area contributed by atoms with Crippen molar-refractivity contribution in [1.29, 1.82) is 0 Å². The van der Waals surface area contributed by atoms with Gasteiger partial charge in [-0.3, -0.25) is 9.58 Å². The van der Waals surface area contributed by atoms with Crippen molar-refractivity contribution in [2.24, 2.45) is 7.05 Å². The molecule has 0 bridgehead atoms. The lowest BCUT2D eigenvalue weighted by Crippen LogP contribution is -2.33. The molecular formula is C24H27BrFN3. The van der Waals surface area contributed by atoms with E-state index in [1.165, 1.54) is 33.4 Å². The fourth-order valence-corrected chi connectivity index (χ4v) is 4.76. The Bertz CT molecular complexity index is 1060. The van der Waals surface area contributed by atoms with Gasteiger partial charge in [-0.1, -0.05) is 34.1 Å². The van der Waals surface area contributed by atoms with E-state index in [9.17, 15) is 4.39 Å². The number of rotatable bonds is 4. The van der Waals surface area contributed by atoms with E-state index in [1.54, 1.807) is 6.07 Å². The smallest absolute Gasteiger partial charge is 0.126 e. The molecule has 0 N–H and O–H groups in total. The standard InChI is InChI=1S/C24H27BrFN3/c1-15-9-19(5-6-24(15)26)17(3)29-8-7-21-20(13-29)10-18(12-25)11-22(21)23-14-28(4)27-16(23)2/h5-6,9-11,14,17H,7-8,12-13H2,1-4H3/t17-/m0/s1. The van der Waals surface area contributed by atoms with Crippen LogP contribution in [0.4, 0.5) is 4.39 Å². The molecule has 1 atom stereocenters.